The van der Waals surface area contributed by atoms with Gasteiger partial charge in [0.25, 0.3) is 0 Å². The summed E-state index contributed by atoms with van der Waals surface area (Å²) in [5.41, 5.74) is 6.10. The van der Waals surface area contributed by atoms with Gasteiger partial charge in [-0.05, 0) is 49.6 Å². The van der Waals surface area contributed by atoms with Crippen molar-refractivity contribution in [2.45, 2.75) is 31.7 Å². The van der Waals surface area contributed by atoms with E-state index in [-0.39, 0.29) is 0 Å². The Hall–Kier alpha value is -2.01. The number of hydrogen-bond donors (Lipinski definition) is 1. The summed E-state index contributed by atoms with van der Waals surface area (Å²) in [6.45, 7) is 6.13. The number of hydrogen-bond acceptors (Lipinski definition) is 3. The minimum Gasteiger partial charge on any atom is -0.331 e. The summed E-state index contributed by atoms with van der Waals surface area (Å²) in [6, 6.07) is 7.70. The van der Waals surface area contributed by atoms with Gasteiger partial charge in [0.2, 0.25) is 0 Å². The van der Waals surface area contributed by atoms with E-state index in [2.05, 4.69) is 21.9 Å². The van der Waals surface area contributed by atoms with Crippen LogP contribution >= 0.6 is 0 Å². The topological polar surface area (TPSA) is 58.6 Å². The predicted molar refractivity (Wildman–Crippen MR) is 84.7 cm³/mol. The first-order chi connectivity index (χ1) is 10.1. The van der Waals surface area contributed by atoms with Crippen molar-refractivity contribution in [3.63, 3.8) is 0 Å². The highest BCUT2D eigenvalue weighted by molar-refractivity contribution is 7.84. The van der Waals surface area contributed by atoms with Crippen LogP contribution in [0.2, 0.25) is 0 Å². The molecule has 2 heterocycles. The zero-order chi connectivity index (χ0) is 15.0. The van der Waals surface area contributed by atoms with Crippen LogP contribution in [0.1, 0.15) is 22.4 Å². The van der Waals surface area contributed by atoms with Gasteiger partial charge >= 0.3 is 0 Å². The number of H-pyrrole nitrogens is 1. The van der Waals surface area contributed by atoms with Gasteiger partial charge in [0, 0.05) is 6.20 Å². The molecule has 0 aliphatic carbocycles. The third kappa shape index (κ3) is 2.61. The van der Waals surface area contributed by atoms with Crippen molar-refractivity contribution in [1.82, 2.24) is 15.0 Å². The lowest BCUT2D eigenvalue weighted by Gasteiger charge is -2.09. The maximum atomic E-state index is 12.5. The lowest BCUT2D eigenvalue weighted by atomic mass is 10.1. The highest BCUT2D eigenvalue weighted by atomic mass is 32.2. The van der Waals surface area contributed by atoms with Gasteiger partial charge in [-0.2, -0.15) is 0 Å². The Balaban J connectivity index is 1.91. The first-order valence-corrected chi connectivity index (χ1v) is 8.13. The molecule has 0 radical (unpaired) electrons. The van der Waals surface area contributed by atoms with Crippen LogP contribution in [0.5, 0.6) is 0 Å². The third-order valence-electron chi connectivity index (χ3n) is 3.85. The fraction of sp³-hybridized carbons (Fsp3) is 0.250. The Morgan fingerprint density at radius 3 is 2.67 bits per heavy atom. The molecule has 0 spiro atoms. The largest absolute Gasteiger partial charge is 0.331 e. The molecule has 0 saturated heterocycles. The number of imidazole rings is 1. The van der Waals surface area contributed by atoms with E-state index >= 15 is 0 Å². The molecule has 0 fully saturated rings. The first-order valence-electron chi connectivity index (χ1n) is 6.81. The van der Waals surface area contributed by atoms with Gasteiger partial charge in [0.15, 0.2) is 5.16 Å². The Bertz CT molecular complexity index is 806. The second kappa shape index (κ2) is 5.41. The van der Waals surface area contributed by atoms with E-state index in [1.807, 2.05) is 44.3 Å². The quantitative estimate of drug-likeness (QED) is 0.808. The number of aromatic nitrogens is 3. The van der Waals surface area contributed by atoms with Crippen molar-refractivity contribution >= 4 is 21.8 Å². The number of aryl methyl sites for hydroxylation is 1. The number of pyridine rings is 1. The molecule has 1 atom stereocenters. The van der Waals surface area contributed by atoms with Crippen LogP contribution in [0.3, 0.4) is 0 Å². The van der Waals surface area contributed by atoms with Crippen molar-refractivity contribution in [1.29, 1.82) is 0 Å². The van der Waals surface area contributed by atoms with E-state index in [0.29, 0.717) is 10.9 Å². The Morgan fingerprint density at radius 2 is 1.90 bits per heavy atom. The van der Waals surface area contributed by atoms with Crippen LogP contribution in [0, 0.1) is 20.8 Å². The van der Waals surface area contributed by atoms with Crippen LogP contribution in [0.15, 0.2) is 35.6 Å². The lowest BCUT2D eigenvalue weighted by Crippen LogP contribution is -2.04. The molecule has 3 rings (SSSR count). The smallest absolute Gasteiger partial charge is 0.197 e. The highest BCUT2D eigenvalue weighted by Gasteiger charge is 2.14. The van der Waals surface area contributed by atoms with Crippen molar-refractivity contribution in [3.05, 3.63) is 52.8 Å². The zero-order valence-corrected chi connectivity index (χ0v) is 13.1. The fourth-order valence-electron chi connectivity index (χ4n) is 2.26. The summed E-state index contributed by atoms with van der Waals surface area (Å²) in [5, 5.41) is 0.510. The molecule has 108 valence electrons. The average Bonchev–Trinajstić information content (AvgIpc) is 2.92. The molecule has 1 aromatic carbocycles. The van der Waals surface area contributed by atoms with Crippen molar-refractivity contribution in [2.24, 2.45) is 0 Å². The van der Waals surface area contributed by atoms with Crippen LogP contribution in [-0.2, 0) is 16.6 Å². The first kappa shape index (κ1) is 13.9. The molecular formula is C16H17N3OS. The number of benzene rings is 1. The second-order valence-electron chi connectivity index (χ2n) is 5.19. The van der Waals surface area contributed by atoms with E-state index < -0.39 is 10.8 Å². The van der Waals surface area contributed by atoms with Crippen molar-refractivity contribution in [3.8, 4) is 0 Å². The van der Waals surface area contributed by atoms with Crippen molar-refractivity contribution < 1.29 is 4.21 Å². The summed E-state index contributed by atoms with van der Waals surface area (Å²) in [6.07, 6.45) is 1.84. The molecule has 0 amide bonds. The highest BCUT2D eigenvalue weighted by Crippen LogP contribution is 2.19. The van der Waals surface area contributed by atoms with E-state index in [4.69, 9.17) is 0 Å². The Kier molecular flexibility index (Phi) is 3.59. The summed E-state index contributed by atoms with van der Waals surface area (Å²) in [5.74, 6) is 0.382. The fourth-order valence-corrected chi connectivity index (χ4v) is 3.36. The number of aromatic amines is 1. The summed E-state index contributed by atoms with van der Waals surface area (Å²) < 4.78 is 12.5. The summed E-state index contributed by atoms with van der Waals surface area (Å²) in [7, 11) is -1.22. The molecule has 21 heavy (non-hydrogen) atoms. The van der Waals surface area contributed by atoms with Crippen LogP contribution in [0.25, 0.3) is 11.0 Å². The van der Waals surface area contributed by atoms with Crippen LogP contribution in [0.4, 0.5) is 0 Å². The lowest BCUT2D eigenvalue weighted by molar-refractivity contribution is 0.676. The molecule has 2 aromatic heterocycles. The Morgan fingerprint density at radius 1 is 1.14 bits per heavy atom. The van der Waals surface area contributed by atoms with Gasteiger partial charge in [-0.25, -0.2) is 4.98 Å². The maximum Gasteiger partial charge on any atom is 0.197 e. The molecular weight excluding hydrogens is 282 g/mol. The summed E-state index contributed by atoms with van der Waals surface area (Å²) in [4.78, 5) is 11.9. The van der Waals surface area contributed by atoms with Gasteiger partial charge in [0.05, 0.1) is 33.3 Å². The molecule has 0 saturated carbocycles. The molecule has 0 bridgehead atoms. The number of rotatable bonds is 3. The van der Waals surface area contributed by atoms with Crippen molar-refractivity contribution in [2.75, 3.05) is 0 Å². The predicted octanol–water partition coefficient (Wildman–Crippen LogP) is 3.19. The van der Waals surface area contributed by atoms with Gasteiger partial charge in [-0.1, -0.05) is 12.1 Å². The van der Waals surface area contributed by atoms with E-state index in [1.165, 1.54) is 5.56 Å². The number of fused-ring (bicyclic) bond motifs is 1. The minimum absolute atomic E-state index is 0.382. The molecule has 3 aromatic rings. The number of nitrogens with zero attached hydrogens (tertiary/aromatic N) is 2. The van der Waals surface area contributed by atoms with Gasteiger partial charge in [-0.3, -0.25) is 9.19 Å². The monoisotopic (exact) mass is 299 g/mol. The van der Waals surface area contributed by atoms with E-state index in [1.54, 1.807) is 0 Å². The molecule has 4 nitrogen and oxygen atoms in total. The van der Waals surface area contributed by atoms with Gasteiger partial charge in [0.1, 0.15) is 0 Å². The SMILES string of the molecule is Cc1cnc(CS(=O)c2nc3ccccc3[nH]2)c(C)c1C. The van der Waals surface area contributed by atoms with Gasteiger partial charge < -0.3 is 4.98 Å². The zero-order valence-electron chi connectivity index (χ0n) is 12.3. The molecule has 0 aliphatic heterocycles. The molecule has 0 aliphatic rings. The van der Waals surface area contributed by atoms with Crippen LogP contribution < -0.4 is 0 Å². The normalized spacial score (nSPS) is 12.7. The summed E-state index contributed by atoms with van der Waals surface area (Å²) >= 11 is 0. The molecule has 5 heteroatoms. The maximum absolute atomic E-state index is 12.5. The molecule has 1 N–H and O–H groups in total. The standard InChI is InChI=1S/C16H17N3OS/c1-10-8-17-15(12(3)11(10)2)9-21(20)16-18-13-6-4-5-7-14(13)19-16/h4-8H,9H2,1-3H3,(H,18,19). The second-order valence-corrected chi connectivity index (χ2v) is 6.55. The van der Waals surface area contributed by atoms with Gasteiger partial charge in [-0.15, -0.1) is 0 Å². The Labute approximate surface area is 126 Å². The van der Waals surface area contributed by atoms with Crippen LogP contribution in [-0.4, -0.2) is 19.2 Å². The minimum atomic E-state index is -1.22. The number of nitrogens with one attached hydrogen (secondary N) is 1. The average molecular weight is 299 g/mol. The van der Waals surface area contributed by atoms with E-state index in [9.17, 15) is 4.21 Å². The third-order valence-corrected chi connectivity index (χ3v) is 5.01. The molecule has 1 unspecified atom stereocenters. The number of para-hydroxylation sites is 2. The van der Waals surface area contributed by atoms with E-state index in [0.717, 1.165) is 27.9 Å².